The number of thiophene rings is 1. The number of nitrogens with one attached hydrogen (secondary N) is 1. The van der Waals surface area contributed by atoms with Crippen molar-refractivity contribution in [3.05, 3.63) is 62.9 Å². The van der Waals surface area contributed by atoms with Crippen LogP contribution in [0.1, 0.15) is 28.1 Å². The number of benzene rings is 1. The van der Waals surface area contributed by atoms with E-state index in [1.165, 1.54) is 17.4 Å². The normalized spacial score (nSPS) is 18.7. The van der Waals surface area contributed by atoms with E-state index in [-0.39, 0.29) is 23.3 Å². The van der Waals surface area contributed by atoms with Crippen LogP contribution >= 0.6 is 22.9 Å². The highest BCUT2D eigenvalue weighted by molar-refractivity contribution is 7.91. The summed E-state index contributed by atoms with van der Waals surface area (Å²) in [6.07, 6.45) is 3.48. The minimum Gasteiger partial charge on any atom is -0.458 e. The number of sulfone groups is 1. The molecule has 0 unspecified atom stereocenters. The van der Waals surface area contributed by atoms with Crippen LogP contribution in [0.25, 0.3) is 10.4 Å². The lowest BCUT2D eigenvalue weighted by atomic mass is 10.0. The van der Waals surface area contributed by atoms with Crippen LogP contribution in [0, 0.1) is 0 Å². The molecular formula is C20H16ClNO5S2. The van der Waals surface area contributed by atoms with E-state index in [0.717, 1.165) is 34.8 Å². The first-order valence-corrected chi connectivity index (χ1v) is 11.9. The van der Waals surface area contributed by atoms with Crippen molar-refractivity contribution in [1.29, 1.82) is 0 Å². The minimum absolute atomic E-state index is 0.126. The van der Waals surface area contributed by atoms with Crippen molar-refractivity contribution >= 4 is 38.7 Å². The molecule has 0 saturated heterocycles. The number of fused-ring (bicyclic) bond motifs is 3. The van der Waals surface area contributed by atoms with Crippen molar-refractivity contribution in [1.82, 2.24) is 5.32 Å². The second-order valence-electron chi connectivity index (χ2n) is 7.04. The Balaban J connectivity index is 1.38. The first kappa shape index (κ1) is 18.7. The van der Waals surface area contributed by atoms with Crippen molar-refractivity contribution in [3.8, 4) is 10.4 Å². The Morgan fingerprint density at radius 2 is 2.07 bits per heavy atom. The maximum atomic E-state index is 12.7. The smallest absolute Gasteiger partial charge is 0.261 e. The summed E-state index contributed by atoms with van der Waals surface area (Å²) in [5, 5.41) is 3.30. The highest BCUT2D eigenvalue weighted by atomic mass is 35.5. The Morgan fingerprint density at radius 1 is 1.21 bits per heavy atom. The van der Waals surface area contributed by atoms with Gasteiger partial charge in [-0.1, -0.05) is 17.7 Å². The van der Waals surface area contributed by atoms with Gasteiger partial charge in [-0.05, 0) is 41.8 Å². The molecule has 2 aromatic rings. The Bertz CT molecular complexity index is 1210. The molecule has 9 heteroatoms. The molecule has 0 fully saturated rings. The molecule has 3 aliphatic rings. The number of carbonyl (C=O) groups excluding carboxylic acids is 1. The number of hydrogen-bond donors (Lipinski definition) is 1. The third-order valence-electron chi connectivity index (χ3n) is 5.11. The molecule has 1 amide bonds. The van der Waals surface area contributed by atoms with Crippen LogP contribution in [0.2, 0.25) is 5.02 Å². The number of carbonyl (C=O) groups is 1. The summed E-state index contributed by atoms with van der Waals surface area (Å²) in [7, 11) is -3.48. The lowest BCUT2D eigenvalue weighted by molar-refractivity contribution is 0.0729. The van der Waals surface area contributed by atoms with Crippen LogP contribution < -0.4 is 5.32 Å². The maximum Gasteiger partial charge on any atom is 0.261 e. The van der Waals surface area contributed by atoms with Gasteiger partial charge >= 0.3 is 0 Å². The number of hydrogen-bond acceptors (Lipinski definition) is 6. The monoisotopic (exact) mass is 449 g/mol. The Labute approximate surface area is 176 Å². The molecule has 29 heavy (non-hydrogen) atoms. The molecule has 0 bridgehead atoms. The van der Waals surface area contributed by atoms with Crippen molar-refractivity contribution in [2.45, 2.75) is 23.5 Å². The minimum atomic E-state index is -3.48. The van der Waals surface area contributed by atoms with Crippen LogP contribution in [0.3, 0.4) is 0 Å². The van der Waals surface area contributed by atoms with Gasteiger partial charge in [-0.3, -0.25) is 4.79 Å². The summed E-state index contributed by atoms with van der Waals surface area (Å²) in [4.78, 5) is 14.2. The SMILES string of the molecule is O=C(NCC1=CC2=C(CC1)OCO2)c1cc2c(s1)-c1ccc(Cl)cc1S(=O)(=O)C2. The predicted octanol–water partition coefficient (Wildman–Crippen LogP) is 4.02. The van der Waals surface area contributed by atoms with E-state index in [4.69, 9.17) is 21.1 Å². The Morgan fingerprint density at radius 3 is 2.93 bits per heavy atom. The molecule has 1 aromatic carbocycles. The van der Waals surface area contributed by atoms with Crippen LogP contribution in [0.4, 0.5) is 0 Å². The van der Waals surface area contributed by atoms with Crippen molar-refractivity contribution in [2.75, 3.05) is 13.3 Å². The van der Waals surface area contributed by atoms with E-state index in [1.54, 1.807) is 18.2 Å². The lowest BCUT2D eigenvalue weighted by Gasteiger charge is -2.16. The molecule has 3 heterocycles. The molecule has 0 spiro atoms. The topological polar surface area (TPSA) is 81.7 Å². The van der Waals surface area contributed by atoms with E-state index in [0.29, 0.717) is 27.6 Å². The molecule has 150 valence electrons. The molecule has 1 N–H and O–H groups in total. The second-order valence-corrected chi connectivity index (χ2v) is 10.5. The zero-order valence-electron chi connectivity index (χ0n) is 15.2. The van der Waals surface area contributed by atoms with E-state index in [1.807, 2.05) is 6.08 Å². The maximum absolute atomic E-state index is 12.7. The number of ether oxygens (including phenoxy) is 2. The van der Waals surface area contributed by atoms with Gasteiger partial charge < -0.3 is 14.8 Å². The summed E-state index contributed by atoms with van der Waals surface area (Å²) in [6, 6.07) is 6.52. The molecule has 0 radical (unpaired) electrons. The van der Waals surface area contributed by atoms with E-state index in [9.17, 15) is 13.2 Å². The fourth-order valence-corrected chi connectivity index (χ4v) is 6.82. The molecule has 1 aliphatic carbocycles. The van der Waals surface area contributed by atoms with Gasteiger partial charge in [0.1, 0.15) is 5.76 Å². The fourth-order valence-electron chi connectivity index (χ4n) is 3.68. The van der Waals surface area contributed by atoms with Gasteiger partial charge in [0.15, 0.2) is 15.6 Å². The molecular weight excluding hydrogens is 434 g/mol. The first-order valence-electron chi connectivity index (χ1n) is 9.02. The van der Waals surface area contributed by atoms with E-state index in [2.05, 4.69) is 5.32 Å². The average Bonchev–Trinajstić information content (AvgIpc) is 3.32. The van der Waals surface area contributed by atoms with Gasteiger partial charge in [-0.2, -0.15) is 0 Å². The van der Waals surface area contributed by atoms with Gasteiger partial charge in [0.25, 0.3) is 5.91 Å². The number of allylic oxidation sites excluding steroid dienone is 2. The van der Waals surface area contributed by atoms with Crippen molar-refractivity contribution in [2.24, 2.45) is 0 Å². The summed E-state index contributed by atoms with van der Waals surface area (Å²) in [5.74, 6) is 1.26. The van der Waals surface area contributed by atoms with Crippen LogP contribution in [0.5, 0.6) is 0 Å². The lowest BCUT2D eigenvalue weighted by Crippen LogP contribution is -2.25. The Kier molecular flexibility index (Phi) is 4.45. The molecule has 0 atom stereocenters. The second kappa shape index (κ2) is 6.90. The fraction of sp³-hybridized carbons (Fsp3) is 0.250. The van der Waals surface area contributed by atoms with Gasteiger partial charge in [0, 0.05) is 28.4 Å². The van der Waals surface area contributed by atoms with Crippen molar-refractivity contribution < 1.29 is 22.7 Å². The third-order valence-corrected chi connectivity index (χ3v) is 8.25. The van der Waals surface area contributed by atoms with Crippen LogP contribution in [-0.2, 0) is 25.1 Å². The van der Waals surface area contributed by atoms with E-state index >= 15 is 0 Å². The summed E-state index contributed by atoms with van der Waals surface area (Å²) in [5.41, 5.74) is 2.32. The van der Waals surface area contributed by atoms with Gasteiger partial charge in [0.05, 0.1) is 15.5 Å². The molecule has 5 rings (SSSR count). The number of rotatable bonds is 3. The zero-order chi connectivity index (χ0) is 20.2. The molecule has 6 nitrogen and oxygen atoms in total. The molecule has 1 aromatic heterocycles. The molecule has 2 aliphatic heterocycles. The van der Waals surface area contributed by atoms with Crippen molar-refractivity contribution in [3.63, 3.8) is 0 Å². The van der Waals surface area contributed by atoms with Gasteiger partial charge in [-0.25, -0.2) is 8.42 Å². The summed E-state index contributed by atoms with van der Waals surface area (Å²) < 4.78 is 36.0. The largest absolute Gasteiger partial charge is 0.458 e. The standard InChI is InChI=1S/C20H16ClNO5S2/c21-13-2-3-14-18(7-13)29(24,25)9-12-6-17(28-19(12)14)20(23)22-8-11-1-4-15-16(5-11)27-10-26-15/h2-3,5-7H,1,4,8-10H2,(H,22,23). The first-order chi connectivity index (χ1) is 13.9. The number of amides is 1. The quantitative estimate of drug-likeness (QED) is 0.765. The van der Waals surface area contributed by atoms with Gasteiger partial charge in [-0.15, -0.1) is 11.3 Å². The number of halogens is 1. The van der Waals surface area contributed by atoms with E-state index < -0.39 is 9.84 Å². The van der Waals surface area contributed by atoms with Crippen LogP contribution in [0.15, 0.2) is 52.3 Å². The Hall–Kier alpha value is -2.29. The zero-order valence-corrected chi connectivity index (χ0v) is 17.5. The van der Waals surface area contributed by atoms with Crippen LogP contribution in [-0.4, -0.2) is 27.7 Å². The third kappa shape index (κ3) is 3.35. The average molecular weight is 450 g/mol. The van der Waals surface area contributed by atoms with Gasteiger partial charge in [0.2, 0.25) is 6.79 Å². The summed E-state index contributed by atoms with van der Waals surface area (Å²) >= 11 is 7.29. The molecule has 0 saturated carbocycles. The highest BCUT2D eigenvalue weighted by Gasteiger charge is 2.31. The summed E-state index contributed by atoms with van der Waals surface area (Å²) in [6.45, 7) is 0.656. The predicted molar refractivity (Wildman–Crippen MR) is 109 cm³/mol. The highest BCUT2D eigenvalue weighted by Crippen LogP contribution is 2.43.